The molecule has 1 aliphatic heterocycles. The number of carboxylic acid groups (broad SMARTS) is 6. The molecular weight excluding hydrogens is 580 g/mol. The van der Waals surface area contributed by atoms with E-state index in [0.29, 0.717) is 36.5 Å². The maximum Gasteiger partial charge on any atom is 0.328 e. The Labute approximate surface area is 252 Å². The summed E-state index contributed by atoms with van der Waals surface area (Å²) >= 11 is 0. The van der Waals surface area contributed by atoms with Crippen molar-refractivity contribution in [1.82, 2.24) is 10.2 Å². The zero-order valence-electron chi connectivity index (χ0n) is 23.7. The molecule has 1 saturated heterocycles. The van der Waals surface area contributed by atoms with Crippen LogP contribution in [-0.4, -0.2) is 104 Å². The van der Waals surface area contributed by atoms with Crippen LogP contribution in [0.25, 0.3) is 10.8 Å². The van der Waals surface area contributed by atoms with Gasteiger partial charge in [-0.15, -0.1) is 0 Å². The zero-order chi connectivity index (χ0) is 33.3. The highest BCUT2D eigenvalue weighted by molar-refractivity contribution is 5.90. The van der Waals surface area contributed by atoms with E-state index in [2.05, 4.69) is 52.7 Å². The van der Waals surface area contributed by atoms with Gasteiger partial charge in [-0.3, -0.25) is 0 Å². The fourth-order valence-corrected chi connectivity index (χ4v) is 3.52. The molecule has 3 rings (SSSR count). The molecule has 0 saturated carbocycles. The van der Waals surface area contributed by atoms with Crippen molar-refractivity contribution < 1.29 is 59.4 Å². The number of nitrogens with one attached hydrogen (secondary N) is 1. The second-order valence-electron chi connectivity index (χ2n) is 8.72. The standard InChI is InChI=1S/C18H24N2.3C4H4O4/c1-2-10-18-16(6-1)8-5-9-17(18)7-3-4-13-20-14-11-19-12-15-20;3*5-3(6)1-2-4(7)8/h1-2,5-6,8-10,19H,3-4,7,11-15H2;3*1-2H,(H,5,6)(H,7,8)/b;3*2-1-. The van der Waals surface area contributed by atoms with E-state index in [4.69, 9.17) is 30.6 Å². The number of nitrogens with zero attached hydrogens (tertiary/aromatic N) is 1. The Morgan fingerprint density at radius 3 is 1.43 bits per heavy atom. The molecular formula is C30H36N2O12. The number of hydrogen-bond acceptors (Lipinski definition) is 8. The molecule has 0 atom stereocenters. The van der Waals surface area contributed by atoms with E-state index in [1.807, 2.05) is 0 Å². The molecule has 0 bridgehead atoms. The largest absolute Gasteiger partial charge is 0.478 e. The number of aryl methyl sites for hydroxylation is 1. The highest BCUT2D eigenvalue weighted by Gasteiger charge is 2.08. The Balaban J connectivity index is 0.000000645. The van der Waals surface area contributed by atoms with Gasteiger partial charge in [-0.05, 0) is 42.1 Å². The fourth-order valence-electron chi connectivity index (χ4n) is 3.52. The zero-order valence-corrected chi connectivity index (χ0v) is 23.7. The van der Waals surface area contributed by atoms with Crippen LogP contribution in [-0.2, 0) is 35.2 Å². The summed E-state index contributed by atoms with van der Waals surface area (Å²) in [6, 6.07) is 15.4. The third-order valence-electron chi connectivity index (χ3n) is 5.37. The maximum atomic E-state index is 9.55. The maximum absolute atomic E-state index is 9.55. The second kappa shape index (κ2) is 23.2. The van der Waals surface area contributed by atoms with Gasteiger partial charge in [0.25, 0.3) is 0 Å². The summed E-state index contributed by atoms with van der Waals surface area (Å²) in [5.74, 6) is -7.54. The number of piperazine rings is 1. The SMILES string of the molecule is O=C(O)/C=C\C(=O)O.O=C(O)/C=C\C(=O)O.O=C(O)/C=C\C(=O)O.c1ccc2c(CCCCN3CCNCC3)cccc2c1. The minimum atomic E-state index is -1.26. The van der Waals surface area contributed by atoms with Gasteiger partial charge < -0.3 is 40.9 Å². The van der Waals surface area contributed by atoms with Crippen molar-refractivity contribution in [2.45, 2.75) is 19.3 Å². The summed E-state index contributed by atoms with van der Waals surface area (Å²) in [5.41, 5.74) is 1.50. The minimum absolute atomic E-state index is 0.558. The highest BCUT2D eigenvalue weighted by Crippen LogP contribution is 2.20. The molecule has 1 heterocycles. The van der Waals surface area contributed by atoms with Gasteiger partial charge in [0.15, 0.2) is 0 Å². The Kier molecular flexibility index (Phi) is 20.4. The topological polar surface area (TPSA) is 239 Å². The summed E-state index contributed by atoms with van der Waals surface area (Å²) in [4.78, 5) is 59.9. The number of benzene rings is 2. The van der Waals surface area contributed by atoms with Gasteiger partial charge in [0.1, 0.15) is 0 Å². The van der Waals surface area contributed by atoms with E-state index in [0.717, 1.165) is 13.1 Å². The molecule has 44 heavy (non-hydrogen) atoms. The van der Waals surface area contributed by atoms with E-state index in [1.54, 1.807) is 0 Å². The predicted molar refractivity (Wildman–Crippen MR) is 159 cm³/mol. The average Bonchev–Trinajstić information content (AvgIpc) is 2.98. The van der Waals surface area contributed by atoms with Crippen LogP contribution < -0.4 is 5.32 Å². The Morgan fingerprint density at radius 1 is 0.591 bits per heavy atom. The van der Waals surface area contributed by atoms with E-state index in [9.17, 15) is 28.8 Å². The van der Waals surface area contributed by atoms with Crippen molar-refractivity contribution in [2.24, 2.45) is 0 Å². The smallest absolute Gasteiger partial charge is 0.328 e. The Morgan fingerprint density at radius 2 is 1.00 bits per heavy atom. The lowest BCUT2D eigenvalue weighted by molar-refractivity contribution is -0.134. The Bertz CT molecular complexity index is 1190. The number of carbonyl (C=O) groups is 6. The second-order valence-corrected chi connectivity index (χ2v) is 8.72. The van der Waals surface area contributed by atoms with Crippen LogP contribution in [0, 0.1) is 0 Å². The van der Waals surface area contributed by atoms with Gasteiger partial charge in [-0.25, -0.2) is 28.8 Å². The van der Waals surface area contributed by atoms with Crippen LogP contribution >= 0.6 is 0 Å². The van der Waals surface area contributed by atoms with Crippen molar-refractivity contribution in [3.05, 3.63) is 84.5 Å². The van der Waals surface area contributed by atoms with Gasteiger partial charge in [0.05, 0.1) is 0 Å². The molecule has 2 aromatic carbocycles. The van der Waals surface area contributed by atoms with Crippen molar-refractivity contribution >= 4 is 46.6 Å². The molecule has 0 aliphatic carbocycles. The van der Waals surface area contributed by atoms with Crippen molar-refractivity contribution in [3.8, 4) is 0 Å². The van der Waals surface area contributed by atoms with E-state index >= 15 is 0 Å². The number of hydrogen-bond donors (Lipinski definition) is 7. The first-order chi connectivity index (χ1) is 20.8. The molecule has 2 aromatic rings. The third kappa shape index (κ3) is 22.4. The van der Waals surface area contributed by atoms with Crippen molar-refractivity contribution in [1.29, 1.82) is 0 Å². The highest BCUT2D eigenvalue weighted by atomic mass is 16.4. The van der Waals surface area contributed by atoms with Crippen LogP contribution in [0.4, 0.5) is 0 Å². The lowest BCUT2D eigenvalue weighted by atomic mass is 10.0. The average molecular weight is 617 g/mol. The molecule has 1 aliphatic rings. The number of rotatable bonds is 11. The number of aliphatic carboxylic acids is 6. The van der Waals surface area contributed by atoms with Gasteiger partial charge in [-0.2, -0.15) is 0 Å². The normalized spacial score (nSPS) is 12.7. The van der Waals surface area contributed by atoms with Gasteiger partial charge in [0.2, 0.25) is 0 Å². The Hall–Kier alpha value is -5.34. The fraction of sp³-hybridized carbons (Fsp3) is 0.267. The quantitative estimate of drug-likeness (QED) is 0.141. The summed E-state index contributed by atoms with van der Waals surface area (Å²) in [6.07, 6.45) is 7.15. The molecule has 14 heteroatoms. The van der Waals surface area contributed by atoms with Gasteiger partial charge >= 0.3 is 35.8 Å². The first kappa shape index (κ1) is 38.7. The lowest BCUT2D eigenvalue weighted by Crippen LogP contribution is -2.43. The summed E-state index contributed by atoms with van der Waals surface area (Å²) in [5, 5.41) is 53.1. The van der Waals surface area contributed by atoms with E-state index in [-0.39, 0.29) is 0 Å². The molecule has 0 amide bonds. The first-order valence-corrected chi connectivity index (χ1v) is 13.1. The van der Waals surface area contributed by atoms with Crippen LogP contribution in [0.15, 0.2) is 78.9 Å². The predicted octanol–water partition coefficient (Wildman–Crippen LogP) is 2.20. The van der Waals surface area contributed by atoms with Crippen LogP contribution in [0.5, 0.6) is 0 Å². The monoisotopic (exact) mass is 616 g/mol. The summed E-state index contributed by atoms with van der Waals surface area (Å²) < 4.78 is 0. The summed E-state index contributed by atoms with van der Waals surface area (Å²) in [7, 11) is 0. The molecule has 0 spiro atoms. The van der Waals surface area contributed by atoms with E-state index < -0.39 is 35.8 Å². The van der Waals surface area contributed by atoms with Crippen molar-refractivity contribution in [2.75, 3.05) is 32.7 Å². The molecule has 14 nitrogen and oxygen atoms in total. The molecule has 0 aromatic heterocycles. The summed E-state index contributed by atoms with van der Waals surface area (Å²) in [6.45, 7) is 6.00. The molecule has 238 valence electrons. The van der Waals surface area contributed by atoms with Crippen LogP contribution in [0.1, 0.15) is 18.4 Å². The number of unbranched alkanes of at least 4 members (excludes halogenated alkanes) is 1. The number of fused-ring (bicyclic) bond motifs is 1. The third-order valence-corrected chi connectivity index (χ3v) is 5.37. The van der Waals surface area contributed by atoms with Gasteiger partial charge in [-0.1, -0.05) is 42.5 Å². The van der Waals surface area contributed by atoms with Gasteiger partial charge in [0, 0.05) is 62.6 Å². The molecule has 1 fully saturated rings. The van der Waals surface area contributed by atoms with Crippen LogP contribution in [0.3, 0.4) is 0 Å². The van der Waals surface area contributed by atoms with Crippen LogP contribution in [0.2, 0.25) is 0 Å². The van der Waals surface area contributed by atoms with Crippen molar-refractivity contribution in [3.63, 3.8) is 0 Å². The minimum Gasteiger partial charge on any atom is -0.478 e. The van der Waals surface area contributed by atoms with E-state index in [1.165, 1.54) is 55.2 Å². The molecule has 0 radical (unpaired) electrons. The first-order valence-electron chi connectivity index (χ1n) is 13.1. The lowest BCUT2D eigenvalue weighted by Gasteiger charge is -2.27. The molecule has 7 N–H and O–H groups in total. The molecule has 0 unspecified atom stereocenters. The number of carboxylic acids is 6.